The molecular formula is C18H42O6S4Si2. The van der Waals surface area contributed by atoms with Gasteiger partial charge in [0, 0.05) is 63.2 Å². The van der Waals surface area contributed by atoms with Crippen molar-refractivity contribution in [2.24, 2.45) is 0 Å². The molecule has 0 spiro atoms. The van der Waals surface area contributed by atoms with Crippen molar-refractivity contribution in [3.05, 3.63) is 0 Å². The Morgan fingerprint density at radius 1 is 0.467 bits per heavy atom. The molecule has 30 heavy (non-hydrogen) atoms. The van der Waals surface area contributed by atoms with Gasteiger partial charge in [-0.05, 0) is 74.0 Å². The van der Waals surface area contributed by atoms with E-state index in [4.69, 9.17) is 26.6 Å². The molecule has 0 aliphatic carbocycles. The molecule has 0 aromatic rings. The molecule has 0 aliphatic heterocycles. The van der Waals surface area contributed by atoms with E-state index in [2.05, 4.69) is 0 Å². The van der Waals surface area contributed by atoms with E-state index in [0.717, 1.165) is 36.4 Å². The van der Waals surface area contributed by atoms with Crippen LogP contribution in [-0.4, -0.2) is 68.8 Å². The summed E-state index contributed by atoms with van der Waals surface area (Å²) in [5, 5.41) is 0. The first-order valence-electron chi connectivity index (χ1n) is 11.0. The van der Waals surface area contributed by atoms with Crippen LogP contribution in [0.3, 0.4) is 0 Å². The Labute approximate surface area is 202 Å². The smallest absolute Gasteiger partial charge is 0.374 e. The molecule has 182 valence electrons. The minimum Gasteiger partial charge on any atom is -0.374 e. The van der Waals surface area contributed by atoms with Crippen LogP contribution in [0.25, 0.3) is 0 Å². The topological polar surface area (TPSA) is 55.4 Å². The van der Waals surface area contributed by atoms with Crippen molar-refractivity contribution >= 4 is 58.8 Å². The molecule has 0 aliphatic rings. The zero-order chi connectivity index (χ0) is 22.6. The Morgan fingerprint density at radius 3 is 0.967 bits per heavy atom. The SMILES string of the molecule is CCO[Si](CCCSSSSCCC[Si](OCC)(OCC)OCC)(OCC)OCC. The summed E-state index contributed by atoms with van der Waals surface area (Å²) >= 11 is 0. The molecule has 0 aromatic carbocycles. The lowest BCUT2D eigenvalue weighted by atomic mass is 10.6. The molecule has 0 atom stereocenters. The fraction of sp³-hybridized carbons (Fsp3) is 1.00. The maximum atomic E-state index is 5.90. The Bertz CT molecular complexity index is 321. The highest BCUT2D eigenvalue weighted by Gasteiger charge is 2.40. The Hall–Kier alpha value is 1.59. The minimum atomic E-state index is -2.49. The van der Waals surface area contributed by atoms with Gasteiger partial charge < -0.3 is 26.6 Å². The first kappa shape index (κ1) is 31.6. The largest absolute Gasteiger partial charge is 0.500 e. The third-order valence-corrected chi connectivity index (χ3v) is 16.7. The number of rotatable bonds is 23. The van der Waals surface area contributed by atoms with Gasteiger partial charge in [-0.2, -0.15) is 0 Å². The van der Waals surface area contributed by atoms with Gasteiger partial charge in [0.15, 0.2) is 0 Å². The molecule has 6 nitrogen and oxygen atoms in total. The van der Waals surface area contributed by atoms with Gasteiger partial charge in [-0.25, -0.2) is 0 Å². The van der Waals surface area contributed by atoms with Crippen molar-refractivity contribution in [2.75, 3.05) is 51.1 Å². The highest BCUT2D eigenvalue weighted by atomic mass is 33.7. The minimum absolute atomic E-state index is 0.640. The van der Waals surface area contributed by atoms with Crippen LogP contribution in [0.1, 0.15) is 54.4 Å². The quantitative estimate of drug-likeness (QED) is 0.0814. The third kappa shape index (κ3) is 14.7. The molecule has 0 bridgehead atoms. The third-order valence-electron chi connectivity index (χ3n) is 3.73. The van der Waals surface area contributed by atoms with Gasteiger partial charge in [-0.3, -0.25) is 0 Å². The van der Waals surface area contributed by atoms with E-state index in [0.29, 0.717) is 39.6 Å². The second-order valence-electron chi connectivity index (χ2n) is 5.95. The molecule has 0 radical (unpaired) electrons. The van der Waals surface area contributed by atoms with Gasteiger partial charge in [0.2, 0.25) is 0 Å². The van der Waals surface area contributed by atoms with Gasteiger partial charge in [0.25, 0.3) is 0 Å². The predicted octanol–water partition coefficient (Wildman–Crippen LogP) is 6.54. The van der Waals surface area contributed by atoms with Crippen molar-refractivity contribution in [2.45, 2.75) is 66.5 Å². The van der Waals surface area contributed by atoms with E-state index in [1.54, 1.807) is 0 Å². The van der Waals surface area contributed by atoms with Crippen LogP contribution in [0.4, 0.5) is 0 Å². The van der Waals surface area contributed by atoms with Crippen LogP contribution in [0, 0.1) is 0 Å². The van der Waals surface area contributed by atoms with Crippen molar-refractivity contribution in [3.63, 3.8) is 0 Å². The Balaban J connectivity index is 3.97. The van der Waals surface area contributed by atoms with Crippen LogP contribution >= 0.6 is 41.2 Å². The van der Waals surface area contributed by atoms with Gasteiger partial charge in [-0.15, -0.1) is 0 Å². The molecule has 0 rings (SSSR count). The lowest BCUT2D eigenvalue weighted by Gasteiger charge is -2.28. The molecule has 0 fully saturated rings. The monoisotopic (exact) mass is 538 g/mol. The zero-order valence-corrected chi connectivity index (χ0v) is 24.8. The molecule has 0 saturated heterocycles. The summed E-state index contributed by atoms with van der Waals surface area (Å²) in [4.78, 5) is 0. The molecule has 0 amide bonds. The summed E-state index contributed by atoms with van der Waals surface area (Å²) in [7, 11) is 2.48. The van der Waals surface area contributed by atoms with Crippen molar-refractivity contribution in [1.29, 1.82) is 0 Å². The van der Waals surface area contributed by atoms with Gasteiger partial charge in [0.1, 0.15) is 0 Å². The molecule has 0 aromatic heterocycles. The maximum absolute atomic E-state index is 5.90. The highest BCUT2D eigenvalue weighted by Crippen LogP contribution is 2.44. The Morgan fingerprint density at radius 2 is 0.733 bits per heavy atom. The second kappa shape index (κ2) is 21.1. The van der Waals surface area contributed by atoms with E-state index in [1.807, 2.05) is 82.8 Å². The summed E-state index contributed by atoms with van der Waals surface area (Å²) in [6, 6.07) is 1.76. The van der Waals surface area contributed by atoms with Crippen LogP contribution in [0.15, 0.2) is 0 Å². The van der Waals surface area contributed by atoms with E-state index < -0.39 is 17.6 Å². The van der Waals surface area contributed by atoms with Crippen LogP contribution in [0.5, 0.6) is 0 Å². The summed E-state index contributed by atoms with van der Waals surface area (Å²) in [5.41, 5.74) is 0. The van der Waals surface area contributed by atoms with Crippen LogP contribution in [0.2, 0.25) is 12.1 Å². The Kier molecular flexibility index (Phi) is 22.3. The average Bonchev–Trinajstić information content (AvgIpc) is 2.70. The second-order valence-corrected chi connectivity index (χ2v) is 17.7. The molecule has 0 N–H and O–H groups in total. The fourth-order valence-corrected chi connectivity index (χ4v) is 14.7. The van der Waals surface area contributed by atoms with Gasteiger partial charge >= 0.3 is 17.6 Å². The van der Waals surface area contributed by atoms with Crippen molar-refractivity contribution in [3.8, 4) is 0 Å². The van der Waals surface area contributed by atoms with E-state index in [9.17, 15) is 0 Å². The van der Waals surface area contributed by atoms with Gasteiger partial charge in [-0.1, -0.05) is 21.6 Å². The van der Waals surface area contributed by atoms with Crippen LogP contribution < -0.4 is 0 Å². The first-order chi connectivity index (χ1) is 14.6. The summed E-state index contributed by atoms with van der Waals surface area (Å²) < 4.78 is 35.4. The first-order valence-corrected chi connectivity index (χ1v) is 20.0. The zero-order valence-electron chi connectivity index (χ0n) is 19.6. The lowest BCUT2D eigenvalue weighted by molar-refractivity contribution is 0.0704. The maximum Gasteiger partial charge on any atom is 0.500 e. The normalized spacial score (nSPS) is 12.6. The summed E-state index contributed by atoms with van der Waals surface area (Å²) in [5.74, 6) is 2.13. The number of hydrogen-bond acceptors (Lipinski definition) is 10. The molecule has 0 heterocycles. The van der Waals surface area contributed by atoms with E-state index in [1.165, 1.54) is 0 Å². The van der Waals surface area contributed by atoms with Crippen LogP contribution in [-0.2, 0) is 26.6 Å². The average molecular weight is 539 g/mol. The highest BCUT2D eigenvalue weighted by molar-refractivity contribution is 9.26. The van der Waals surface area contributed by atoms with Gasteiger partial charge in [0.05, 0.1) is 0 Å². The van der Waals surface area contributed by atoms with Crippen molar-refractivity contribution < 1.29 is 26.6 Å². The standard InChI is InChI=1S/C18H42O6S4Si2/c1-7-19-29(20-8-2,21-9-3)17-13-15-25-27-28-26-16-14-18-30(22-10-4,23-11-5)24-12-6/h7-18H2,1-6H3. The molecule has 0 unspecified atom stereocenters. The van der Waals surface area contributed by atoms with E-state index in [-0.39, 0.29) is 0 Å². The molecule has 12 heteroatoms. The fourth-order valence-electron chi connectivity index (χ4n) is 2.81. The molecular weight excluding hydrogens is 497 g/mol. The summed E-state index contributed by atoms with van der Waals surface area (Å²) in [6.45, 7) is 15.8. The lowest BCUT2D eigenvalue weighted by Crippen LogP contribution is -2.46. The van der Waals surface area contributed by atoms with Crippen molar-refractivity contribution in [1.82, 2.24) is 0 Å². The summed E-state index contributed by atoms with van der Waals surface area (Å²) in [6.07, 6.45) is 2.08. The number of hydrogen-bond donors (Lipinski definition) is 0. The van der Waals surface area contributed by atoms with E-state index >= 15 is 0 Å². The molecule has 0 saturated carbocycles. The predicted molar refractivity (Wildman–Crippen MR) is 140 cm³/mol.